The molecule has 4 heteroatoms. The van der Waals surface area contributed by atoms with E-state index in [4.69, 9.17) is 5.26 Å². The number of hydrogen-bond acceptors (Lipinski definition) is 3. The van der Waals surface area contributed by atoms with Gasteiger partial charge in [0.2, 0.25) is 0 Å². The van der Waals surface area contributed by atoms with Crippen LogP contribution in [-0.4, -0.2) is 6.54 Å². The molecule has 0 aliphatic heterocycles. The largest absolute Gasteiger partial charge is 0.384 e. The van der Waals surface area contributed by atoms with Crippen molar-refractivity contribution in [3.8, 4) is 6.07 Å². The van der Waals surface area contributed by atoms with Gasteiger partial charge in [-0.15, -0.1) is 11.3 Å². The predicted molar refractivity (Wildman–Crippen MR) is 84.7 cm³/mol. The highest BCUT2D eigenvalue weighted by Gasteiger charge is 2.21. The minimum atomic E-state index is 0.0727. The summed E-state index contributed by atoms with van der Waals surface area (Å²) in [6.45, 7) is 5.26. The third-order valence-electron chi connectivity index (χ3n) is 2.95. The molecule has 19 heavy (non-hydrogen) atoms. The molecule has 0 bridgehead atoms. The molecule has 1 heterocycles. The van der Waals surface area contributed by atoms with Crippen molar-refractivity contribution in [1.29, 1.82) is 5.26 Å². The van der Waals surface area contributed by atoms with Crippen molar-refractivity contribution in [3.05, 3.63) is 50.6 Å². The number of anilines is 1. The van der Waals surface area contributed by atoms with Crippen LogP contribution >= 0.6 is 27.3 Å². The number of thiophene rings is 1. The van der Waals surface area contributed by atoms with Crippen molar-refractivity contribution in [1.82, 2.24) is 0 Å². The summed E-state index contributed by atoms with van der Waals surface area (Å²) in [7, 11) is 0. The Kier molecular flexibility index (Phi) is 4.28. The van der Waals surface area contributed by atoms with E-state index in [1.54, 1.807) is 11.3 Å². The lowest BCUT2D eigenvalue weighted by Gasteiger charge is -2.24. The summed E-state index contributed by atoms with van der Waals surface area (Å²) in [5, 5.41) is 14.5. The highest BCUT2D eigenvalue weighted by molar-refractivity contribution is 9.10. The summed E-state index contributed by atoms with van der Waals surface area (Å²) < 4.78 is 0.919. The molecule has 0 saturated heterocycles. The molecule has 0 spiro atoms. The molecule has 0 aliphatic carbocycles. The van der Waals surface area contributed by atoms with Gasteiger partial charge in [-0.25, -0.2) is 0 Å². The second-order valence-electron chi connectivity index (χ2n) is 5.06. The first kappa shape index (κ1) is 14.1. The third-order valence-corrected chi connectivity index (χ3v) is 4.64. The van der Waals surface area contributed by atoms with Crippen LogP contribution in [0.2, 0.25) is 0 Å². The number of nitriles is 1. The molecule has 0 atom stereocenters. The normalized spacial score (nSPS) is 11.1. The Morgan fingerprint density at radius 3 is 2.79 bits per heavy atom. The van der Waals surface area contributed by atoms with E-state index < -0.39 is 0 Å². The van der Waals surface area contributed by atoms with Crippen molar-refractivity contribution < 1.29 is 0 Å². The maximum Gasteiger partial charge on any atom is 0.0992 e. The molecule has 0 aliphatic rings. The van der Waals surface area contributed by atoms with Crippen LogP contribution in [-0.2, 0) is 5.41 Å². The standard InChI is InChI=1S/C15H15BrN2S/c1-15(2,14-4-3-5-19-14)10-18-13-7-11(9-17)6-12(16)8-13/h3-8,18H,10H2,1-2H3. The van der Waals surface area contributed by atoms with Crippen LogP contribution in [0.4, 0.5) is 5.69 Å². The monoisotopic (exact) mass is 334 g/mol. The minimum Gasteiger partial charge on any atom is -0.384 e. The smallest absolute Gasteiger partial charge is 0.0992 e. The van der Waals surface area contributed by atoms with Crippen molar-refractivity contribution in [2.45, 2.75) is 19.3 Å². The summed E-state index contributed by atoms with van der Waals surface area (Å²) in [4.78, 5) is 1.36. The van der Waals surface area contributed by atoms with E-state index in [0.29, 0.717) is 5.56 Å². The van der Waals surface area contributed by atoms with Gasteiger partial charge in [-0.05, 0) is 29.6 Å². The van der Waals surface area contributed by atoms with Gasteiger partial charge in [0.1, 0.15) is 0 Å². The second-order valence-corrected chi connectivity index (χ2v) is 6.92. The molecule has 2 rings (SSSR count). The highest BCUT2D eigenvalue weighted by atomic mass is 79.9. The number of nitrogens with zero attached hydrogens (tertiary/aromatic N) is 1. The molecule has 0 radical (unpaired) electrons. The number of nitrogens with one attached hydrogen (secondary N) is 1. The molecule has 1 aromatic heterocycles. The second kappa shape index (κ2) is 5.77. The average molecular weight is 335 g/mol. The lowest BCUT2D eigenvalue weighted by atomic mass is 9.91. The van der Waals surface area contributed by atoms with Gasteiger partial charge in [0.05, 0.1) is 11.6 Å². The molecule has 0 amide bonds. The molecular weight excluding hydrogens is 320 g/mol. The first-order chi connectivity index (χ1) is 9.01. The number of hydrogen-bond donors (Lipinski definition) is 1. The van der Waals surface area contributed by atoms with E-state index in [-0.39, 0.29) is 5.41 Å². The molecule has 0 unspecified atom stereocenters. The quantitative estimate of drug-likeness (QED) is 0.873. The Morgan fingerprint density at radius 1 is 1.37 bits per heavy atom. The van der Waals surface area contributed by atoms with Gasteiger partial charge in [0.15, 0.2) is 0 Å². The molecule has 1 N–H and O–H groups in total. The zero-order valence-corrected chi connectivity index (χ0v) is 13.3. The van der Waals surface area contributed by atoms with Crippen molar-refractivity contribution in [3.63, 3.8) is 0 Å². The van der Waals surface area contributed by atoms with Crippen molar-refractivity contribution in [2.24, 2.45) is 0 Å². The molecule has 98 valence electrons. The maximum atomic E-state index is 8.97. The summed E-state index contributed by atoms with van der Waals surface area (Å²) in [5.74, 6) is 0. The van der Waals surface area contributed by atoms with E-state index >= 15 is 0 Å². The molecular formula is C15H15BrN2S. The fraction of sp³-hybridized carbons (Fsp3) is 0.267. The number of benzene rings is 1. The van der Waals surface area contributed by atoms with Crippen molar-refractivity contribution >= 4 is 33.0 Å². The molecule has 2 aromatic rings. The Labute approximate surface area is 126 Å². The van der Waals surface area contributed by atoms with Gasteiger partial charge < -0.3 is 5.32 Å². The third kappa shape index (κ3) is 3.59. The number of rotatable bonds is 4. The van der Waals surface area contributed by atoms with E-state index in [1.807, 2.05) is 18.2 Å². The van der Waals surface area contributed by atoms with Crippen LogP contribution < -0.4 is 5.32 Å². The predicted octanol–water partition coefficient (Wildman–Crippen LogP) is 4.77. The summed E-state index contributed by atoms with van der Waals surface area (Å²) >= 11 is 5.20. The van der Waals surface area contributed by atoms with Gasteiger partial charge in [-0.2, -0.15) is 5.26 Å². The molecule has 0 fully saturated rings. The van der Waals surface area contributed by atoms with Gasteiger partial charge in [-0.3, -0.25) is 0 Å². The first-order valence-electron chi connectivity index (χ1n) is 6.00. The molecule has 2 nitrogen and oxygen atoms in total. The highest BCUT2D eigenvalue weighted by Crippen LogP contribution is 2.28. The lowest BCUT2D eigenvalue weighted by molar-refractivity contribution is 0.569. The van der Waals surface area contributed by atoms with E-state index in [9.17, 15) is 0 Å². The topological polar surface area (TPSA) is 35.8 Å². The van der Waals surface area contributed by atoms with Crippen LogP contribution in [0, 0.1) is 11.3 Å². The summed E-state index contributed by atoms with van der Waals surface area (Å²) in [5.41, 5.74) is 1.70. The van der Waals surface area contributed by atoms with Gasteiger partial charge in [-0.1, -0.05) is 35.8 Å². The molecule has 0 saturated carbocycles. The first-order valence-corrected chi connectivity index (χ1v) is 7.67. The van der Waals surface area contributed by atoms with Gasteiger partial charge in [0, 0.05) is 27.0 Å². The summed E-state index contributed by atoms with van der Waals surface area (Å²) in [6, 6.07) is 12.1. The van der Waals surface area contributed by atoms with Gasteiger partial charge in [0.25, 0.3) is 0 Å². The van der Waals surface area contributed by atoms with E-state index in [2.05, 4.69) is 58.7 Å². The Balaban J connectivity index is 2.11. The van der Waals surface area contributed by atoms with Crippen LogP contribution in [0.15, 0.2) is 40.2 Å². The fourth-order valence-electron chi connectivity index (χ4n) is 1.83. The fourth-order valence-corrected chi connectivity index (χ4v) is 3.18. The number of halogens is 1. The van der Waals surface area contributed by atoms with Crippen LogP contribution in [0.25, 0.3) is 0 Å². The van der Waals surface area contributed by atoms with Crippen LogP contribution in [0.3, 0.4) is 0 Å². The average Bonchev–Trinajstić information content (AvgIpc) is 2.90. The van der Waals surface area contributed by atoms with Gasteiger partial charge >= 0.3 is 0 Å². The SMILES string of the molecule is CC(C)(CNc1cc(Br)cc(C#N)c1)c1cccs1. The zero-order valence-electron chi connectivity index (χ0n) is 10.9. The van der Waals surface area contributed by atoms with Crippen LogP contribution in [0.5, 0.6) is 0 Å². The maximum absolute atomic E-state index is 8.97. The Hall–Kier alpha value is -1.31. The Bertz CT molecular complexity index is 597. The van der Waals surface area contributed by atoms with E-state index in [0.717, 1.165) is 16.7 Å². The lowest BCUT2D eigenvalue weighted by Crippen LogP contribution is -2.26. The van der Waals surface area contributed by atoms with E-state index in [1.165, 1.54) is 4.88 Å². The Morgan fingerprint density at radius 2 is 2.16 bits per heavy atom. The molecule has 1 aromatic carbocycles. The van der Waals surface area contributed by atoms with Crippen molar-refractivity contribution in [2.75, 3.05) is 11.9 Å². The summed E-state index contributed by atoms with van der Waals surface area (Å²) in [6.07, 6.45) is 0. The zero-order chi connectivity index (χ0) is 13.9. The van der Waals surface area contributed by atoms with Crippen LogP contribution in [0.1, 0.15) is 24.3 Å². The minimum absolute atomic E-state index is 0.0727.